The predicted molar refractivity (Wildman–Crippen MR) is 121 cm³/mol. The molecule has 1 heterocycles. The number of carbonyl (C=O) groups excluding carboxylic acids is 2. The number of sulfonamides is 1. The van der Waals surface area contributed by atoms with Crippen LogP contribution in [0.4, 0.5) is 14.5 Å². The van der Waals surface area contributed by atoms with E-state index in [2.05, 4.69) is 10.6 Å². The van der Waals surface area contributed by atoms with Crippen molar-refractivity contribution in [3.63, 3.8) is 0 Å². The van der Waals surface area contributed by atoms with Crippen LogP contribution in [0.3, 0.4) is 0 Å². The van der Waals surface area contributed by atoms with Gasteiger partial charge in [0.05, 0.1) is 5.02 Å². The highest BCUT2D eigenvalue weighted by molar-refractivity contribution is 7.89. The Balaban J connectivity index is 1.82. The lowest BCUT2D eigenvalue weighted by atomic mass is 10.0. The van der Waals surface area contributed by atoms with E-state index in [0.29, 0.717) is 13.1 Å². The van der Waals surface area contributed by atoms with E-state index in [1.54, 1.807) is 13.8 Å². The molecular weight excluding hydrogens is 476 g/mol. The molecule has 2 N–H and O–H groups in total. The Kier molecular flexibility index (Phi) is 7.71. The van der Waals surface area contributed by atoms with Gasteiger partial charge in [-0.1, -0.05) is 31.5 Å². The first-order chi connectivity index (χ1) is 15.5. The minimum absolute atomic E-state index is 0.0173. The molecular formula is C22H24ClF2N3O4S. The summed E-state index contributed by atoms with van der Waals surface area (Å²) in [7, 11) is -3.83. The molecule has 1 aliphatic heterocycles. The van der Waals surface area contributed by atoms with Crippen molar-refractivity contribution < 1.29 is 26.8 Å². The largest absolute Gasteiger partial charge is 0.340 e. The summed E-state index contributed by atoms with van der Waals surface area (Å²) in [6.07, 6.45) is 1.51. The molecule has 11 heteroatoms. The van der Waals surface area contributed by atoms with Gasteiger partial charge in [0, 0.05) is 18.8 Å². The molecule has 1 atom stereocenters. The maximum absolute atomic E-state index is 13.9. The van der Waals surface area contributed by atoms with Crippen LogP contribution in [0.15, 0.2) is 41.3 Å². The van der Waals surface area contributed by atoms with E-state index in [0.717, 1.165) is 31.0 Å². The summed E-state index contributed by atoms with van der Waals surface area (Å²) in [5.74, 6) is -4.30. The standard InChI is InChI=1S/C22H24ClF2N3O4S/c1-13(2)20(27-21(29)19-16(24)6-5-7-17(19)25)22(30)26-14-8-9-15(23)18(12-14)33(31,32)28-10-3-4-11-28/h5-9,12-13,20H,3-4,10-11H2,1-2H3,(H,26,30)(H,27,29). The number of carbonyl (C=O) groups is 2. The van der Waals surface area contributed by atoms with Crippen LogP contribution in [-0.2, 0) is 14.8 Å². The zero-order valence-corrected chi connectivity index (χ0v) is 19.6. The van der Waals surface area contributed by atoms with Crippen molar-refractivity contribution in [2.75, 3.05) is 18.4 Å². The fourth-order valence-electron chi connectivity index (χ4n) is 3.53. The summed E-state index contributed by atoms with van der Waals surface area (Å²) in [5.41, 5.74) is -0.638. The minimum Gasteiger partial charge on any atom is -0.340 e. The molecule has 3 rings (SSSR count). The molecule has 0 saturated carbocycles. The average Bonchev–Trinajstić information content (AvgIpc) is 3.28. The van der Waals surface area contributed by atoms with Gasteiger partial charge in [-0.3, -0.25) is 9.59 Å². The van der Waals surface area contributed by atoms with Crippen molar-refractivity contribution >= 4 is 39.1 Å². The van der Waals surface area contributed by atoms with E-state index < -0.39 is 51.0 Å². The second-order valence-corrected chi connectivity index (χ2v) is 10.4. The lowest BCUT2D eigenvalue weighted by molar-refractivity contribution is -0.118. The molecule has 1 unspecified atom stereocenters. The number of halogens is 3. The zero-order chi connectivity index (χ0) is 24.3. The van der Waals surface area contributed by atoms with E-state index in [1.165, 1.54) is 22.5 Å². The molecule has 2 aromatic carbocycles. The summed E-state index contributed by atoms with van der Waals surface area (Å²) >= 11 is 6.13. The number of anilines is 1. The van der Waals surface area contributed by atoms with Crippen LogP contribution in [0.1, 0.15) is 37.0 Å². The van der Waals surface area contributed by atoms with Gasteiger partial charge in [0.15, 0.2) is 0 Å². The van der Waals surface area contributed by atoms with Gasteiger partial charge < -0.3 is 10.6 Å². The summed E-state index contributed by atoms with van der Waals surface area (Å²) in [6, 6.07) is 5.91. The Labute approximate surface area is 196 Å². The number of hydrogen-bond donors (Lipinski definition) is 2. The van der Waals surface area contributed by atoms with Crippen LogP contribution in [0.2, 0.25) is 5.02 Å². The van der Waals surface area contributed by atoms with Crippen LogP contribution < -0.4 is 10.6 Å². The summed E-state index contributed by atoms with van der Waals surface area (Å²) in [5, 5.41) is 4.93. The molecule has 2 amide bonds. The third-order valence-electron chi connectivity index (χ3n) is 5.31. The van der Waals surface area contributed by atoms with E-state index in [4.69, 9.17) is 11.6 Å². The topological polar surface area (TPSA) is 95.6 Å². The van der Waals surface area contributed by atoms with Crippen molar-refractivity contribution in [2.45, 2.75) is 37.6 Å². The van der Waals surface area contributed by atoms with Crippen LogP contribution in [0.5, 0.6) is 0 Å². The van der Waals surface area contributed by atoms with Crippen LogP contribution in [-0.4, -0.2) is 43.7 Å². The first-order valence-electron chi connectivity index (χ1n) is 10.4. The van der Waals surface area contributed by atoms with Crippen molar-refractivity contribution in [3.8, 4) is 0 Å². The molecule has 1 fully saturated rings. The van der Waals surface area contributed by atoms with Gasteiger partial charge in [-0.25, -0.2) is 17.2 Å². The van der Waals surface area contributed by atoms with E-state index in [9.17, 15) is 26.8 Å². The maximum Gasteiger partial charge on any atom is 0.257 e. The number of rotatable bonds is 7. The van der Waals surface area contributed by atoms with Crippen molar-refractivity contribution in [2.24, 2.45) is 5.92 Å². The van der Waals surface area contributed by atoms with Crippen molar-refractivity contribution in [1.29, 1.82) is 0 Å². The number of hydrogen-bond acceptors (Lipinski definition) is 4. The lowest BCUT2D eigenvalue weighted by Crippen LogP contribution is -2.47. The first kappa shape index (κ1) is 25.1. The third kappa shape index (κ3) is 5.51. The third-order valence-corrected chi connectivity index (χ3v) is 7.69. The van der Waals surface area contributed by atoms with E-state index in [1.807, 2.05) is 0 Å². The number of nitrogens with one attached hydrogen (secondary N) is 2. The fourth-order valence-corrected chi connectivity index (χ4v) is 5.55. The highest BCUT2D eigenvalue weighted by Gasteiger charge is 2.31. The van der Waals surface area contributed by atoms with Crippen LogP contribution >= 0.6 is 11.6 Å². The molecule has 178 valence electrons. The summed E-state index contributed by atoms with van der Waals surface area (Å²) in [4.78, 5) is 25.2. The summed E-state index contributed by atoms with van der Waals surface area (Å²) < 4.78 is 55.0. The minimum atomic E-state index is -3.83. The Morgan fingerprint density at radius 3 is 2.24 bits per heavy atom. The quantitative estimate of drug-likeness (QED) is 0.605. The number of nitrogens with zero attached hydrogens (tertiary/aromatic N) is 1. The van der Waals surface area contributed by atoms with Crippen molar-refractivity contribution in [3.05, 3.63) is 58.6 Å². The van der Waals surface area contributed by atoms with Gasteiger partial charge >= 0.3 is 0 Å². The second-order valence-electron chi connectivity index (χ2n) is 8.04. The zero-order valence-electron chi connectivity index (χ0n) is 18.1. The van der Waals surface area contributed by atoms with Gasteiger partial charge in [0.25, 0.3) is 5.91 Å². The smallest absolute Gasteiger partial charge is 0.257 e. The first-order valence-corrected chi connectivity index (χ1v) is 12.2. The van der Waals surface area contributed by atoms with Gasteiger partial charge in [-0.05, 0) is 49.1 Å². The Bertz CT molecular complexity index is 1150. The molecule has 0 aromatic heterocycles. The highest BCUT2D eigenvalue weighted by atomic mass is 35.5. The molecule has 1 aliphatic rings. The Morgan fingerprint density at radius 1 is 1.06 bits per heavy atom. The molecule has 0 bridgehead atoms. The molecule has 0 radical (unpaired) electrons. The fraction of sp³-hybridized carbons (Fsp3) is 0.364. The Hall–Kier alpha value is -2.56. The van der Waals surface area contributed by atoms with E-state index >= 15 is 0 Å². The number of amides is 2. The van der Waals surface area contributed by atoms with Gasteiger partial charge in [-0.2, -0.15) is 4.31 Å². The van der Waals surface area contributed by atoms with Gasteiger partial charge in [0.1, 0.15) is 28.1 Å². The Morgan fingerprint density at radius 2 is 1.67 bits per heavy atom. The average molecular weight is 500 g/mol. The normalized spacial score (nSPS) is 15.5. The molecule has 0 aliphatic carbocycles. The molecule has 33 heavy (non-hydrogen) atoms. The van der Waals surface area contributed by atoms with E-state index in [-0.39, 0.29) is 15.6 Å². The maximum atomic E-state index is 13.9. The second kappa shape index (κ2) is 10.1. The van der Waals surface area contributed by atoms with Crippen molar-refractivity contribution in [1.82, 2.24) is 9.62 Å². The predicted octanol–water partition coefficient (Wildman–Crippen LogP) is 3.80. The monoisotopic (exact) mass is 499 g/mol. The lowest BCUT2D eigenvalue weighted by Gasteiger charge is -2.22. The van der Waals surface area contributed by atoms with Gasteiger partial charge in [-0.15, -0.1) is 0 Å². The molecule has 0 spiro atoms. The highest BCUT2D eigenvalue weighted by Crippen LogP contribution is 2.29. The summed E-state index contributed by atoms with van der Waals surface area (Å²) in [6.45, 7) is 4.08. The molecule has 1 saturated heterocycles. The SMILES string of the molecule is CC(C)C(NC(=O)c1c(F)cccc1F)C(=O)Nc1ccc(Cl)c(S(=O)(=O)N2CCCC2)c1. The van der Waals surface area contributed by atoms with Crippen LogP contribution in [0.25, 0.3) is 0 Å². The molecule has 7 nitrogen and oxygen atoms in total. The molecule has 2 aromatic rings. The van der Waals surface area contributed by atoms with Crippen LogP contribution in [0, 0.1) is 17.6 Å². The number of benzene rings is 2. The van der Waals surface area contributed by atoms with Gasteiger partial charge in [0.2, 0.25) is 15.9 Å².